The van der Waals surface area contributed by atoms with Crippen molar-refractivity contribution in [2.24, 2.45) is 9.98 Å². The Morgan fingerprint density at radius 1 is 0.781 bits per heavy atom. The van der Waals surface area contributed by atoms with Gasteiger partial charge in [-0.15, -0.1) is 0 Å². The molecule has 0 spiro atoms. The quantitative estimate of drug-likeness (QED) is 0.580. The Balaban J connectivity index is 1.72. The highest BCUT2D eigenvalue weighted by Crippen LogP contribution is 2.27. The predicted octanol–water partition coefficient (Wildman–Crippen LogP) is 4.86. The second-order valence-electron chi connectivity index (χ2n) is 8.49. The molecule has 1 aliphatic rings. The lowest BCUT2D eigenvalue weighted by Gasteiger charge is -2.25. The maximum atomic E-state index is 10.4. The maximum Gasteiger partial charge on any atom is 0.126 e. The third-order valence-corrected chi connectivity index (χ3v) is 6.36. The fourth-order valence-corrected chi connectivity index (χ4v) is 3.91. The third-order valence-electron chi connectivity index (χ3n) is 6.36. The third kappa shape index (κ3) is 5.81. The predicted molar refractivity (Wildman–Crippen MR) is 135 cm³/mol. The van der Waals surface area contributed by atoms with Crippen molar-refractivity contribution in [1.29, 1.82) is 0 Å². The zero-order chi connectivity index (χ0) is 23.1. The van der Waals surface area contributed by atoms with Crippen LogP contribution in [0.3, 0.4) is 0 Å². The van der Waals surface area contributed by atoms with Crippen LogP contribution < -0.4 is 9.80 Å². The van der Waals surface area contributed by atoms with Gasteiger partial charge in [0.15, 0.2) is 0 Å². The first kappa shape index (κ1) is 23.6. The van der Waals surface area contributed by atoms with Crippen molar-refractivity contribution in [2.75, 3.05) is 37.0 Å². The number of hydrogen-bond donors (Lipinski definition) is 2. The topological polar surface area (TPSA) is 71.7 Å². The Morgan fingerprint density at radius 3 is 1.53 bits per heavy atom. The number of benzene rings is 2. The summed E-state index contributed by atoms with van der Waals surface area (Å²) < 4.78 is 0. The molecular weight excluding hydrogens is 400 g/mol. The largest absolute Gasteiger partial charge is 0.507 e. The summed E-state index contributed by atoms with van der Waals surface area (Å²) in [6, 6.07) is 11.5. The van der Waals surface area contributed by atoms with E-state index < -0.39 is 0 Å². The molecule has 1 aliphatic carbocycles. The molecule has 0 radical (unpaired) electrons. The summed E-state index contributed by atoms with van der Waals surface area (Å²) in [4.78, 5) is 13.7. The van der Waals surface area contributed by atoms with Crippen LogP contribution in [0.4, 0.5) is 11.4 Å². The first-order valence-electron chi connectivity index (χ1n) is 11.6. The van der Waals surface area contributed by atoms with Crippen LogP contribution in [0.25, 0.3) is 0 Å². The molecule has 6 heteroatoms. The van der Waals surface area contributed by atoms with Crippen LogP contribution in [0.15, 0.2) is 46.4 Å². The minimum absolute atomic E-state index is 0.0741. The number of nitrogens with zero attached hydrogens (tertiary/aromatic N) is 4. The molecular formula is C26H36N4O2. The number of rotatable bonds is 8. The summed E-state index contributed by atoms with van der Waals surface area (Å²) in [5.74, 6) is 0.481. The Hall–Kier alpha value is -3.02. The monoisotopic (exact) mass is 436 g/mol. The summed E-state index contributed by atoms with van der Waals surface area (Å²) in [6.45, 7) is 5.91. The second kappa shape index (κ2) is 11.0. The fourth-order valence-electron chi connectivity index (χ4n) is 3.91. The Labute approximate surface area is 191 Å². The molecule has 0 heterocycles. The summed E-state index contributed by atoms with van der Waals surface area (Å²) in [5, 5.41) is 20.8. The van der Waals surface area contributed by atoms with Crippen molar-refractivity contribution in [2.45, 2.75) is 51.6 Å². The molecule has 6 nitrogen and oxygen atoms in total. The van der Waals surface area contributed by atoms with Gasteiger partial charge in [0, 0.05) is 74.2 Å². The van der Waals surface area contributed by atoms with Gasteiger partial charge < -0.3 is 20.0 Å². The Morgan fingerprint density at radius 2 is 1.19 bits per heavy atom. The normalized spacial score (nSPS) is 19.0. The van der Waals surface area contributed by atoms with Crippen LogP contribution in [0.1, 0.15) is 50.7 Å². The van der Waals surface area contributed by atoms with Crippen molar-refractivity contribution < 1.29 is 10.2 Å². The smallest absolute Gasteiger partial charge is 0.126 e. The molecule has 2 N–H and O–H groups in total. The summed E-state index contributed by atoms with van der Waals surface area (Å²) in [5.41, 5.74) is 3.41. The molecule has 0 bridgehead atoms. The van der Waals surface area contributed by atoms with Gasteiger partial charge in [-0.2, -0.15) is 0 Å². The Bertz CT molecular complexity index is 879. The molecule has 2 aromatic carbocycles. The average Bonchev–Trinajstić information content (AvgIpc) is 2.81. The van der Waals surface area contributed by atoms with Gasteiger partial charge in [0.25, 0.3) is 0 Å². The summed E-state index contributed by atoms with van der Waals surface area (Å²) in [6.07, 6.45) is 7.75. The lowest BCUT2D eigenvalue weighted by molar-refractivity contribution is 0.390. The van der Waals surface area contributed by atoms with Crippen LogP contribution in [-0.4, -0.2) is 61.9 Å². The zero-order valence-electron chi connectivity index (χ0n) is 19.7. The SMILES string of the molecule is CCN(C)c1ccc(C=NC2CCCC[C@@H]2N=Cc2ccc(N(C)CC)cc2O)c(O)c1. The van der Waals surface area contributed by atoms with Crippen molar-refractivity contribution in [3.8, 4) is 11.5 Å². The Kier molecular flexibility index (Phi) is 8.14. The lowest BCUT2D eigenvalue weighted by Crippen LogP contribution is -2.27. The van der Waals surface area contributed by atoms with E-state index >= 15 is 0 Å². The molecule has 0 aliphatic heterocycles. The maximum absolute atomic E-state index is 10.4. The molecule has 3 rings (SSSR count). The zero-order valence-corrected chi connectivity index (χ0v) is 19.7. The number of aliphatic imine (C=N–C) groups is 2. The fraction of sp³-hybridized carbons (Fsp3) is 0.462. The number of phenols is 2. The van der Waals surface area contributed by atoms with Crippen molar-refractivity contribution in [3.05, 3.63) is 47.5 Å². The second-order valence-corrected chi connectivity index (χ2v) is 8.49. The standard InChI is InChI=1S/C26H36N4O2/c1-5-29(3)21-13-11-19(25(31)15-21)17-27-23-9-7-8-10-24(23)28-18-20-12-14-22(16-26(20)32)30(4)6-2/h11-18,23-24,31-32H,5-10H2,1-4H3/t23-,24?/m0/s1. The number of phenolic OH excluding ortho intramolecular Hbond substituents is 2. The van der Waals surface area contributed by atoms with Crippen LogP contribution in [0, 0.1) is 0 Å². The van der Waals surface area contributed by atoms with E-state index in [2.05, 4.69) is 23.6 Å². The van der Waals surface area contributed by atoms with E-state index in [1.165, 1.54) is 0 Å². The van der Waals surface area contributed by atoms with Crippen LogP contribution >= 0.6 is 0 Å². The van der Waals surface area contributed by atoms with Crippen LogP contribution in [0.2, 0.25) is 0 Å². The van der Waals surface area contributed by atoms with Crippen LogP contribution in [-0.2, 0) is 0 Å². The molecule has 2 aromatic rings. The number of anilines is 2. The molecule has 0 amide bonds. The summed E-state index contributed by atoms with van der Waals surface area (Å²) in [7, 11) is 4.00. The van der Waals surface area contributed by atoms with Gasteiger partial charge in [0.05, 0.1) is 12.1 Å². The van der Waals surface area contributed by atoms with Gasteiger partial charge in [-0.05, 0) is 51.0 Å². The highest BCUT2D eigenvalue weighted by atomic mass is 16.3. The van der Waals surface area contributed by atoms with Gasteiger partial charge in [-0.1, -0.05) is 12.8 Å². The van der Waals surface area contributed by atoms with Gasteiger partial charge in [0.2, 0.25) is 0 Å². The lowest BCUT2D eigenvalue weighted by atomic mass is 9.91. The molecule has 32 heavy (non-hydrogen) atoms. The molecule has 1 fully saturated rings. The van der Waals surface area contributed by atoms with E-state index in [0.717, 1.165) is 61.3 Å². The highest BCUT2D eigenvalue weighted by molar-refractivity contribution is 5.85. The van der Waals surface area contributed by atoms with E-state index in [9.17, 15) is 10.2 Å². The van der Waals surface area contributed by atoms with Crippen LogP contribution in [0.5, 0.6) is 11.5 Å². The van der Waals surface area contributed by atoms with Crippen molar-refractivity contribution in [1.82, 2.24) is 0 Å². The highest BCUT2D eigenvalue weighted by Gasteiger charge is 2.23. The van der Waals surface area contributed by atoms with E-state index in [0.29, 0.717) is 0 Å². The average molecular weight is 437 g/mol. The first-order chi connectivity index (χ1) is 15.4. The number of aromatic hydroxyl groups is 2. The molecule has 1 unspecified atom stereocenters. The molecule has 0 saturated heterocycles. The molecule has 1 saturated carbocycles. The van der Waals surface area contributed by atoms with E-state index in [1.807, 2.05) is 38.4 Å². The van der Waals surface area contributed by atoms with Crippen molar-refractivity contribution in [3.63, 3.8) is 0 Å². The van der Waals surface area contributed by atoms with E-state index in [1.54, 1.807) is 24.6 Å². The number of hydrogen-bond acceptors (Lipinski definition) is 6. The van der Waals surface area contributed by atoms with Gasteiger partial charge >= 0.3 is 0 Å². The van der Waals surface area contributed by atoms with Gasteiger partial charge in [-0.3, -0.25) is 9.98 Å². The minimum Gasteiger partial charge on any atom is -0.507 e. The molecule has 0 aromatic heterocycles. The first-order valence-corrected chi connectivity index (χ1v) is 11.6. The molecule has 2 atom stereocenters. The van der Waals surface area contributed by atoms with E-state index in [-0.39, 0.29) is 23.6 Å². The van der Waals surface area contributed by atoms with E-state index in [4.69, 9.17) is 9.98 Å². The van der Waals surface area contributed by atoms with Gasteiger partial charge in [-0.25, -0.2) is 0 Å². The van der Waals surface area contributed by atoms with Gasteiger partial charge in [0.1, 0.15) is 11.5 Å². The molecule has 172 valence electrons. The minimum atomic E-state index is 0.0741. The van der Waals surface area contributed by atoms with Crippen molar-refractivity contribution >= 4 is 23.8 Å². The summed E-state index contributed by atoms with van der Waals surface area (Å²) >= 11 is 0.